The number of ether oxygens (including phenoxy) is 1. The molecule has 24 heavy (non-hydrogen) atoms. The molecule has 2 aromatic rings. The third kappa shape index (κ3) is 3.53. The van der Waals surface area contributed by atoms with E-state index in [0.29, 0.717) is 13.2 Å². The van der Waals surface area contributed by atoms with E-state index in [1.54, 1.807) is 18.4 Å². The Morgan fingerprint density at radius 1 is 1.33 bits per heavy atom. The van der Waals surface area contributed by atoms with Gasteiger partial charge in [0.1, 0.15) is 0 Å². The third-order valence-corrected chi connectivity index (χ3v) is 5.61. The molecule has 0 aliphatic carbocycles. The SMILES string of the molecule is COCC[NH2+]CC(=O)N1CCc2sccc2[C@H]1c1ccccc1C. The molecule has 0 saturated carbocycles. The van der Waals surface area contributed by atoms with E-state index >= 15 is 0 Å². The fourth-order valence-electron chi connectivity index (χ4n) is 3.36. The molecular formula is C19H25N2O2S+. The Morgan fingerprint density at radius 2 is 2.17 bits per heavy atom. The molecule has 1 aliphatic rings. The van der Waals surface area contributed by atoms with Crippen molar-refractivity contribution < 1.29 is 14.8 Å². The predicted octanol–water partition coefficient (Wildman–Crippen LogP) is 1.74. The number of methoxy groups -OCH3 is 1. The number of rotatable bonds is 6. The largest absolute Gasteiger partial charge is 0.379 e. The van der Waals surface area contributed by atoms with Crippen molar-refractivity contribution in [1.29, 1.82) is 0 Å². The molecule has 1 aliphatic heterocycles. The Kier molecular flexibility index (Phi) is 5.66. The lowest BCUT2D eigenvalue weighted by molar-refractivity contribution is -0.646. The van der Waals surface area contributed by atoms with Crippen LogP contribution >= 0.6 is 11.3 Å². The number of hydrogen-bond acceptors (Lipinski definition) is 3. The van der Waals surface area contributed by atoms with Gasteiger partial charge in [-0.05, 0) is 41.5 Å². The second-order valence-corrected chi connectivity index (χ2v) is 7.17. The van der Waals surface area contributed by atoms with Crippen molar-refractivity contribution >= 4 is 17.2 Å². The Hall–Kier alpha value is -1.69. The molecule has 1 amide bonds. The van der Waals surface area contributed by atoms with Crippen LogP contribution in [-0.2, 0) is 16.0 Å². The number of nitrogens with zero attached hydrogens (tertiary/aromatic N) is 1. The molecule has 0 unspecified atom stereocenters. The number of hydrogen-bond donors (Lipinski definition) is 1. The molecule has 5 heteroatoms. The van der Waals surface area contributed by atoms with Gasteiger partial charge in [-0.3, -0.25) is 4.79 Å². The van der Waals surface area contributed by atoms with Crippen molar-refractivity contribution in [2.75, 3.05) is 33.4 Å². The highest BCUT2D eigenvalue weighted by Gasteiger charge is 2.33. The average molecular weight is 345 g/mol. The van der Waals surface area contributed by atoms with Gasteiger partial charge in [-0.2, -0.15) is 0 Å². The summed E-state index contributed by atoms with van der Waals surface area (Å²) in [5, 5.41) is 4.18. The van der Waals surface area contributed by atoms with Crippen molar-refractivity contribution in [3.8, 4) is 0 Å². The summed E-state index contributed by atoms with van der Waals surface area (Å²) < 4.78 is 5.06. The molecule has 0 saturated heterocycles. The van der Waals surface area contributed by atoms with Crippen LogP contribution in [0.15, 0.2) is 35.7 Å². The Labute approximate surface area is 147 Å². The van der Waals surface area contributed by atoms with Gasteiger partial charge in [0.25, 0.3) is 5.91 Å². The number of benzene rings is 1. The lowest BCUT2D eigenvalue weighted by atomic mass is 9.90. The van der Waals surface area contributed by atoms with Crippen LogP contribution in [0.3, 0.4) is 0 Å². The minimum absolute atomic E-state index is 0.0459. The van der Waals surface area contributed by atoms with E-state index in [-0.39, 0.29) is 11.9 Å². The van der Waals surface area contributed by atoms with Crippen LogP contribution in [0.25, 0.3) is 0 Å². The number of carbonyl (C=O) groups is 1. The van der Waals surface area contributed by atoms with Gasteiger partial charge in [0.2, 0.25) is 0 Å². The summed E-state index contributed by atoms with van der Waals surface area (Å²) in [7, 11) is 1.69. The molecule has 2 heterocycles. The molecule has 1 aromatic heterocycles. The van der Waals surface area contributed by atoms with Crippen molar-refractivity contribution in [2.45, 2.75) is 19.4 Å². The zero-order valence-electron chi connectivity index (χ0n) is 14.3. The number of nitrogens with two attached hydrogens (primary N) is 1. The smallest absolute Gasteiger partial charge is 0.278 e. The second kappa shape index (κ2) is 7.92. The summed E-state index contributed by atoms with van der Waals surface area (Å²) in [6, 6.07) is 10.6. The average Bonchev–Trinajstić information content (AvgIpc) is 3.07. The van der Waals surface area contributed by atoms with Crippen LogP contribution in [0.5, 0.6) is 0 Å². The summed E-state index contributed by atoms with van der Waals surface area (Å²) in [4.78, 5) is 16.3. The van der Waals surface area contributed by atoms with E-state index in [2.05, 4.69) is 47.5 Å². The Bertz CT molecular complexity index is 698. The highest BCUT2D eigenvalue weighted by atomic mass is 32.1. The molecule has 1 atom stereocenters. The van der Waals surface area contributed by atoms with Crippen LogP contribution < -0.4 is 5.32 Å². The number of amides is 1. The summed E-state index contributed by atoms with van der Waals surface area (Å²) in [6.07, 6.45) is 0.958. The van der Waals surface area contributed by atoms with Gasteiger partial charge in [-0.15, -0.1) is 11.3 Å². The van der Waals surface area contributed by atoms with Crippen LogP contribution in [0.4, 0.5) is 0 Å². The van der Waals surface area contributed by atoms with Gasteiger partial charge in [0.15, 0.2) is 6.54 Å². The topological polar surface area (TPSA) is 46.1 Å². The van der Waals surface area contributed by atoms with Crippen LogP contribution in [0.1, 0.15) is 27.6 Å². The third-order valence-electron chi connectivity index (χ3n) is 4.61. The number of carbonyl (C=O) groups excluding carboxylic acids is 1. The predicted molar refractivity (Wildman–Crippen MR) is 96.3 cm³/mol. The van der Waals surface area contributed by atoms with Crippen molar-refractivity contribution in [2.24, 2.45) is 0 Å². The molecule has 0 bridgehead atoms. The number of thiophene rings is 1. The van der Waals surface area contributed by atoms with Crippen LogP contribution in [0, 0.1) is 6.92 Å². The normalized spacial score (nSPS) is 16.9. The Morgan fingerprint density at radius 3 is 2.96 bits per heavy atom. The van der Waals surface area contributed by atoms with E-state index < -0.39 is 0 Å². The first-order chi connectivity index (χ1) is 11.7. The standard InChI is InChI=1S/C19H24N2O2S/c1-14-5-3-4-6-15(14)19-16-8-12-24-17(16)7-10-21(19)18(22)13-20-9-11-23-2/h3-6,8,12,19-20H,7,9-11,13H2,1-2H3/p+1/t19-/m1/s1. The molecule has 3 rings (SSSR count). The van der Waals surface area contributed by atoms with Crippen molar-refractivity contribution in [3.05, 3.63) is 57.3 Å². The lowest BCUT2D eigenvalue weighted by Gasteiger charge is -2.36. The summed E-state index contributed by atoms with van der Waals surface area (Å²) in [5.41, 5.74) is 3.77. The molecule has 0 spiro atoms. The van der Waals surface area contributed by atoms with E-state index in [1.165, 1.54) is 21.6 Å². The first-order valence-corrected chi connectivity index (χ1v) is 9.32. The maximum absolute atomic E-state index is 12.8. The van der Waals surface area contributed by atoms with Crippen LogP contribution in [-0.4, -0.2) is 44.2 Å². The summed E-state index contributed by atoms with van der Waals surface area (Å²) in [6.45, 7) is 4.88. The minimum Gasteiger partial charge on any atom is -0.379 e. The molecule has 1 aromatic carbocycles. The molecule has 0 fully saturated rings. The summed E-state index contributed by atoms with van der Waals surface area (Å²) >= 11 is 1.81. The van der Waals surface area contributed by atoms with Gasteiger partial charge < -0.3 is 15.0 Å². The minimum atomic E-state index is 0.0459. The van der Waals surface area contributed by atoms with Crippen LogP contribution in [0.2, 0.25) is 0 Å². The maximum atomic E-state index is 12.8. The molecule has 0 radical (unpaired) electrons. The van der Waals surface area contributed by atoms with E-state index in [0.717, 1.165) is 19.5 Å². The zero-order chi connectivity index (χ0) is 16.9. The Balaban J connectivity index is 1.85. The number of quaternary nitrogens is 1. The van der Waals surface area contributed by atoms with Gasteiger partial charge in [-0.25, -0.2) is 0 Å². The first kappa shape index (κ1) is 17.1. The second-order valence-electron chi connectivity index (χ2n) is 6.17. The highest BCUT2D eigenvalue weighted by Crippen LogP contribution is 2.38. The summed E-state index contributed by atoms with van der Waals surface area (Å²) in [5.74, 6) is 0.205. The van der Waals surface area contributed by atoms with Gasteiger partial charge in [0, 0.05) is 18.5 Å². The lowest BCUT2D eigenvalue weighted by Crippen LogP contribution is -2.87. The molecular weight excluding hydrogens is 320 g/mol. The van der Waals surface area contributed by atoms with Crippen molar-refractivity contribution in [1.82, 2.24) is 4.90 Å². The van der Waals surface area contributed by atoms with E-state index in [9.17, 15) is 4.79 Å². The number of aryl methyl sites for hydroxylation is 1. The zero-order valence-corrected chi connectivity index (χ0v) is 15.1. The van der Waals surface area contributed by atoms with Crippen molar-refractivity contribution in [3.63, 3.8) is 0 Å². The first-order valence-electron chi connectivity index (χ1n) is 8.44. The molecule has 128 valence electrons. The highest BCUT2D eigenvalue weighted by molar-refractivity contribution is 7.10. The van der Waals surface area contributed by atoms with E-state index in [4.69, 9.17) is 4.74 Å². The van der Waals surface area contributed by atoms with Gasteiger partial charge >= 0.3 is 0 Å². The quantitative estimate of drug-likeness (QED) is 0.811. The van der Waals surface area contributed by atoms with E-state index in [1.807, 2.05) is 5.32 Å². The molecule has 4 nitrogen and oxygen atoms in total. The van der Waals surface area contributed by atoms with Gasteiger partial charge in [0.05, 0.1) is 19.2 Å². The fourth-order valence-corrected chi connectivity index (χ4v) is 4.26. The maximum Gasteiger partial charge on any atom is 0.278 e. The number of fused-ring (bicyclic) bond motifs is 1. The molecule has 2 N–H and O–H groups in total. The monoisotopic (exact) mass is 345 g/mol. The van der Waals surface area contributed by atoms with Gasteiger partial charge in [-0.1, -0.05) is 24.3 Å². The fraction of sp³-hybridized carbons (Fsp3) is 0.421.